The maximum Gasteiger partial charge on any atom is 0.408 e. The zero-order valence-corrected chi connectivity index (χ0v) is 34.4. The predicted molar refractivity (Wildman–Crippen MR) is 217 cm³/mol. The zero-order valence-electron chi connectivity index (χ0n) is 33.4. The van der Waals surface area contributed by atoms with Gasteiger partial charge in [-0.3, -0.25) is 14.7 Å². The van der Waals surface area contributed by atoms with E-state index in [9.17, 15) is 9.59 Å². The van der Waals surface area contributed by atoms with Crippen LogP contribution in [0.1, 0.15) is 63.0 Å². The highest BCUT2D eigenvalue weighted by Crippen LogP contribution is 2.39. The molecule has 3 saturated heterocycles. The van der Waals surface area contributed by atoms with Gasteiger partial charge in [-0.2, -0.15) is 0 Å². The van der Waals surface area contributed by atoms with Crippen LogP contribution in [0.3, 0.4) is 0 Å². The van der Waals surface area contributed by atoms with Crippen molar-refractivity contribution in [2.45, 2.75) is 109 Å². The molecule has 0 saturated carbocycles. The molecule has 7 rings (SSSR count). The van der Waals surface area contributed by atoms with Crippen molar-refractivity contribution in [1.29, 1.82) is 0 Å². The zero-order chi connectivity index (χ0) is 39.0. The van der Waals surface area contributed by atoms with E-state index in [0.29, 0.717) is 49.9 Å². The molecule has 4 aromatic rings. The second-order valence-electron chi connectivity index (χ2n) is 17.8. The second-order valence-corrected chi connectivity index (χ2v) is 23.4. The van der Waals surface area contributed by atoms with Gasteiger partial charge in [-0.1, -0.05) is 31.8 Å². The summed E-state index contributed by atoms with van der Waals surface area (Å²) in [5.74, 6) is 0.676. The van der Waals surface area contributed by atoms with Gasteiger partial charge < -0.3 is 34.3 Å². The van der Waals surface area contributed by atoms with Crippen LogP contribution in [0.2, 0.25) is 25.7 Å². The van der Waals surface area contributed by atoms with Crippen molar-refractivity contribution in [2.75, 3.05) is 43.1 Å². The Labute approximate surface area is 325 Å². The fraction of sp³-hybridized carbons (Fsp3) is 0.537. The number of anilines is 2. The number of nitrogens with zero attached hydrogens (tertiary/aromatic N) is 6. The van der Waals surface area contributed by atoms with Gasteiger partial charge in [0.25, 0.3) is 5.91 Å². The fourth-order valence-electron chi connectivity index (χ4n) is 7.85. The molecule has 2 N–H and O–H groups in total. The van der Waals surface area contributed by atoms with Crippen LogP contribution in [0.15, 0.2) is 55.0 Å². The van der Waals surface area contributed by atoms with Crippen molar-refractivity contribution in [1.82, 2.24) is 29.7 Å². The monoisotopic (exact) mass is 768 g/mol. The minimum Gasteiger partial charge on any atom is -0.444 e. The van der Waals surface area contributed by atoms with Gasteiger partial charge in [-0.05, 0) is 94.5 Å². The van der Waals surface area contributed by atoms with Crippen LogP contribution in [0, 0.1) is 0 Å². The molecule has 3 aliphatic heterocycles. The number of hydrogen-bond acceptors (Lipinski definition) is 10. The third-order valence-electron chi connectivity index (χ3n) is 10.6. The molecule has 55 heavy (non-hydrogen) atoms. The quantitative estimate of drug-likeness (QED) is 0.116. The molecule has 3 fully saturated rings. The number of morpholine rings is 1. The number of hydrogen-bond donors (Lipinski definition) is 2. The first-order valence-corrected chi connectivity index (χ1v) is 23.2. The van der Waals surface area contributed by atoms with Crippen LogP contribution in [0.5, 0.6) is 0 Å². The molecular weight excluding hydrogens is 713 g/mol. The number of fused-ring (bicyclic) bond motifs is 3. The average molecular weight is 769 g/mol. The lowest BCUT2D eigenvalue weighted by Gasteiger charge is -2.35. The first-order chi connectivity index (χ1) is 26.1. The second kappa shape index (κ2) is 15.6. The summed E-state index contributed by atoms with van der Waals surface area (Å²) < 4.78 is 19.8. The van der Waals surface area contributed by atoms with Crippen molar-refractivity contribution in [3.8, 4) is 11.3 Å². The number of ether oxygens (including phenoxy) is 3. The topological polar surface area (TPSA) is 136 Å². The fourth-order valence-corrected chi connectivity index (χ4v) is 8.61. The van der Waals surface area contributed by atoms with Crippen molar-refractivity contribution in [3.05, 3.63) is 66.2 Å². The summed E-state index contributed by atoms with van der Waals surface area (Å²) in [7, 11) is -1.26. The minimum atomic E-state index is -1.26. The van der Waals surface area contributed by atoms with Gasteiger partial charge in [0.15, 0.2) is 0 Å². The number of nitrogens with one attached hydrogen (secondary N) is 2. The summed E-state index contributed by atoms with van der Waals surface area (Å²) in [5, 5.41) is 7.09. The largest absolute Gasteiger partial charge is 0.444 e. The summed E-state index contributed by atoms with van der Waals surface area (Å²) in [5.41, 5.74) is 3.86. The molecule has 14 heteroatoms. The Bertz CT molecular complexity index is 1990. The molecule has 3 aliphatic rings. The molecule has 2 bridgehead atoms. The molecule has 3 aromatic heterocycles. The Kier molecular flexibility index (Phi) is 11.1. The van der Waals surface area contributed by atoms with Crippen LogP contribution < -0.4 is 15.5 Å². The number of pyridine rings is 1. The van der Waals surface area contributed by atoms with Gasteiger partial charge in [0.1, 0.15) is 35.8 Å². The molecule has 6 heterocycles. The van der Waals surface area contributed by atoms with E-state index in [1.807, 2.05) is 64.1 Å². The summed E-state index contributed by atoms with van der Waals surface area (Å²) >= 11 is 0. The summed E-state index contributed by atoms with van der Waals surface area (Å²) in [6.07, 6.45) is 5.94. The Morgan fingerprint density at radius 3 is 2.47 bits per heavy atom. The highest BCUT2D eigenvalue weighted by molar-refractivity contribution is 6.76. The van der Waals surface area contributed by atoms with Crippen molar-refractivity contribution in [3.63, 3.8) is 0 Å². The minimum absolute atomic E-state index is 0.280. The Balaban J connectivity index is 1.05. The lowest BCUT2D eigenvalue weighted by molar-refractivity contribution is 0.0466. The van der Waals surface area contributed by atoms with E-state index in [1.165, 1.54) is 0 Å². The highest BCUT2D eigenvalue weighted by Gasteiger charge is 2.40. The predicted octanol–water partition coefficient (Wildman–Crippen LogP) is 6.91. The summed E-state index contributed by atoms with van der Waals surface area (Å²) in [6, 6.07) is 15.5. The average Bonchev–Trinajstić information content (AvgIpc) is 3.75. The van der Waals surface area contributed by atoms with Gasteiger partial charge in [0.2, 0.25) is 0 Å². The lowest BCUT2D eigenvalue weighted by Crippen LogP contribution is -2.49. The van der Waals surface area contributed by atoms with E-state index < -0.39 is 25.3 Å². The molecule has 0 aliphatic carbocycles. The number of benzene rings is 1. The number of likely N-dealkylation sites (tertiary alicyclic amines) is 1. The van der Waals surface area contributed by atoms with Gasteiger partial charge in [-0.25, -0.2) is 14.8 Å². The number of carbonyl (C=O) groups excluding carboxylic acids is 2. The molecule has 13 nitrogen and oxygen atoms in total. The van der Waals surface area contributed by atoms with E-state index in [4.69, 9.17) is 24.2 Å². The maximum atomic E-state index is 13.4. The van der Waals surface area contributed by atoms with Gasteiger partial charge in [0.05, 0.1) is 41.9 Å². The van der Waals surface area contributed by atoms with Crippen LogP contribution in [0.25, 0.3) is 22.3 Å². The van der Waals surface area contributed by atoms with Crippen LogP contribution in [0.4, 0.5) is 16.3 Å². The third kappa shape index (κ3) is 9.37. The smallest absolute Gasteiger partial charge is 0.408 e. The standard InChI is InChI=1S/C41H56N8O5Si/c1-40(2,3)54-39(51)46-41(4)15-17-47(25-41)22-28-14-16-42-34(20-28)38(50)45-30-10-8-29(9-11-30)35-21-33-36(48(35)27-52-18-19-55(5,6)7)43-26-44-37(33)49-31-12-13-32(49)24-53-23-31/h8-11,14,16,20-21,26,31-32H,12-13,15,17-19,22-25,27H2,1-7H3,(H,45,50)(H,46,51)/t31?,32?,41-/m1/s1. The molecule has 2 unspecified atom stereocenters. The number of alkyl carbamates (subject to hydrolysis) is 1. The number of aromatic nitrogens is 4. The first-order valence-electron chi connectivity index (χ1n) is 19.5. The highest BCUT2D eigenvalue weighted by atomic mass is 28.3. The third-order valence-corrected chi connectivity index (χ3v) is 12.3. The van der Waals surface area contributed by atoms with E-state index in [0.717, 1.165) is 78.7 Å². The van der Waals surface area contributed by atoms with Gasteiger partial charge >= 0.3 is 6.09 Å². The number of carbonyl (C=O) groups is 2. The maximum absolute atomic E-state index is 13.4. The Hall–Kier alpha value is -4.37. The Morgan fingerprint density at radius 1 is 1.02 bits per heavy atom. The van der Waals surface area contributed by atoms with Gasteiger partial charge in [-0.15, -0.1) is 0 Å². The SMILES string of the molecule is CC(C)(C)OC(=O)N[C@]1(C)CCN(Cc2ccnc(C(=O)Nc3ccc(-c4cc5c(N6C7CCC6COC7)ncnc5n4COCC[Si](C)(C)C)cc3)c2)C1. The molecule has 3 atom stereocenters. The van der Waals surface area contributed by atoms with Crippen molar-refractivity contribution < 1.29 is 23.8 Å². The summed E-state index contributed by atoms with van der Waals surface area (Å²) in [6.45, 7) is 19.3. The van der Waals surface area contributed by atoms with Crippen molar-refractivity contribution in [2.24, 2.45) is 0 Å². The van der Waals surface area contributed by atoms with Crippen LogP contribution in [-0.2, 0) is 27.5 Å². The molecular formula is C41H56N8O5Si. The lowest BCUT2D eigenvalue weighted by atomic mass is 10.0. The van der Waals surface area contributed by atoms with E-state index >= 15 is 0 Å². The van der Waals surface area contributed by atoms with Crippen LogP contribution >= 0.6 is 0 Å². The molecule has 0 radical (unpaired) electrons. The van der Waals surface area contributed by atoms with E-state index in [2.05, 4.69) is 55.7 Å². The van der Waals surface area contributed by atoms with Crippen LogP contribution in [-0.4, -0.2) is 101 Å². The van der Waals surface area contributed by atoms with Crippen molar-refractivity contribution >= 4 is 42.6 Å². The molecule has 1 aromatic carbocycles. The number of amides is 2. The van der Waals surface area contributed by atoms with Gasteiger partial charge in [0, 0.05) is 46.2 Å². The molecule has 294 valence electrons. The molecule has 2 amide bonds. The molecule has 0 spiro atoms. The first kappa shape index (κ1) is 38.9. The van der Waals surface area contributed by atoms with E-state index in [1.54, 1.807) is 12.5 Å². The van der Waals surface area contributed by atoms with E-state index in [-0.39, 0.29) is 5.91 Å². The normalized spacial score (nSPS) is 21.6. The Morgan fingerprint density at radius 2 is 1.76 bits per heavy atom. The summed E-state index contributed by atoms with van der Waals surface area (Å²) in [4.78, 5) is 44.6. The number of rotatable bonds is 12.